The van der Waals surface area contributed by atoms with Crippen LogP contribution >= 0.6 is 0 Å². The molecular formula is C19H20N2O3S. The van der Waals surface area contributed by atoms with Gasteiger partial charge in [0, 0.05) is 19.5 Å². The van der Waals surface area contributed by atoms with E-state index in [0.717, 1.165) is 5.56 Å². The van der Waals surface area contributed by atoms with Crippen molar-refractivity contribution >= 4 is 15.7 Å². The highest BCUT2D eigenvalue weighted by Gasteiger charge is 2.24. The molecule has 25 heavy (non-hydrogen) atoms. The Morgan fingerprint density at radius 1 is 1.00 bits per heavy atom. The third-order valence-corrected chi connectivity index (χ3v) is 6.06. The van der Waals surface area contributed by atoms with Gasteiger partial charge in [0.05, 0.1) is 16.8 Å². The molecule has 0 atom stereocenters. The summed E-state index contributed by atoms with van der Waals surface area (Å²) >= 11 is 0. The Hall–Kier alpha value is -2.60. The molecule has 0 aliphatic rings. The van der Waals surface area contributed by atoms with E-state index in [1.54, 1.807) is 51.4 Å². The summed E-state index contributed by atoms with van der Waals surface area (Å²) in [4.78, 5) is 4.32. The van der Waals surface area contributed by atoms with E-state index in [2.05, 4.69) is 4.98 Å². The van der Waals surface area contributed by atoms with Crippen LogP contribution in [0.4, 0.5) is 5.69 Å². The van der Waals surface area contributed by atoms with Crippen LogP contribution < -0.4 is 4.31 Å². The predicted octanol–water partition coefficient (Wildman–Crippen LogP) is 4.09. The van der Waals surface area contributed by atoms with Gasteiger partial charge < -0.3 is 4.42 Å². The fourth-order valence-electron chi connectivity index (χ4n) is 2.57. The summed E-state index contributed by atoms with van der Waals surface area (Å²) in [7, 11) is -2.13. The fraction of sp³-hybridized carbons (Fsp3) is 0.211. The van der Waals surface area contributed by atoms with Crippen molar-refractivity contribution < 1.29 is 12.8 Å². The molecule has 1 heterocycles. The molecule has 0 aliphatic heterocycles. The summed E-state index contributed by atoms with van der Waals surface area (Å²) in [6.07, 6.45) is 1.60. The number of oxazole rings is 1. The molecule has 2 aromatic carbocycles. The van der Waals surface area contributed by atoms with Crippen LogP contribution in [0.3, 0.4) is 0 Å². The lowest BCUT2D eigenvalue weighted by molar-refractivity contribution is 0.534. The number of nitrogens with zero attached hydrogens (tertiary/aromatic N) is 2. The number of aromatic nitrogens is 1. The van der Waals surface area contributed by atoms with Gasteiger partial charge in [-0.3, -0.25) is 4.31 Å². The molecule has 3 rings (SSSR count). The Kier molecular flexibility index (Phi) is 4.39. The molecule has 0 spiro atoms. The summed E-state index contributed by atoms with van der Waals surface area (Å²) in [5, 5.41) is 0. The zero-order chi connectivity index (χ0) is 18.2. The van der Waals surface area contributed by atoms with Crippen LogP contribution in [0.15, 0.2) is 58.0 Å². The maximum absolute atomic E-state index is 13.1. The number of sulfonamides is 1. The van der Waals surface area contributed by atoms with E-state index >= 15 is 0 Å². The van der Waals surface area contributed by atoms with E-state index in [1.807, 2.05) is 25.1 Å². The van der Waals surface area contributed by atoms with Crippen molar-refractivity contribution in [2.24, 2.45) is 0 Å². The van der Waals surface area contributed by atoms with Crippen LogP contribution in [0.2, 0.25) is 0 Å². The number of anilines is 1. The second-order valence-electron chi connectivity index (χ2n) is 6.03. The minimum atomic E-state index is -3.69. The van der Waals surface area contributed by atoms with E-state index in [-0.39, 0.29) is 4.90 Å². The second-order valence-corrected chi connectivity index (χ2v) is 7.97. The average molecular weight is 356 g/mol. The van der Waals surface area contributed by atoms with Crippen LogP contribution in [-0.4, -0.2) is 20.4 Å². The van der Waals surface area contributed by atoms with Crippen molar-refractivity contribution in [2.45, 2.75) is 25.7 Å². The summed E-state index contributed by atoms with van der Waals surface area (Å²) < 4.78 is 33.0. The lowest BCUT2D eigenvalue weighted by Gasteiger charge is -2.21. The first-order valence-electron chi connectivity index (χ1n) is 7.88. The Morgan fingerprint density at radius 3 is 2.28 bits per heavy atom. The third-order valence-electron chi connectivity index (χ3n) is 4.13. The van der Waals surface area contributed by atoms with Crippen LogP contribution in [0, 0.1) is 20.8 Å². The molecule has 6 heteroatoms. The van der Waals surface area contributed by atoms with Gasteiger partial charge in [-0.05, 0) is 37.6 Å². The van der Waals surface area contributed by atoms with Gasteiger partial charge >= 0.3 is 0 Å². The largest absolute Gasteiger partial charge is 0.441 e. The molecule has 0 fully saturated rings. The van der Waals surface area contributed by atoms with Crippen molar-refractivity contribution in [3.8, 4) is 11.3 Å². The number of rotatable bonds is 4. The molecule has 0 radical (unpaired) electrons. The molecule has 0 bridgehead atoms. The molecule has 0 amide bonds. The van der Waals surface area contributed by atoms with Crippen molar-refractivity contribution in [2.75, 3.05) is 11.4 Å². The predicted molar refractivity (Wildman–Crippen MR) is 98.2 cm³/mol. The Balaban J connectivity index is 2.06. The Morgan fingerprint density at radius 2 is 1.68 bits per heavy atom. The molecule has 0 unspecified atom stereocenters. The normalized spacial score (nSPS) is 11.5. The topological polar surface area (TPSA) is 63.4 Å². The minimum absolute atomic E-state index is 0.252. The molecule has 130 valence electrons. The highest BCUT2D eigenvalue weighted by Crippen LogP contribution is 2.29. The molecule has 5 nitrogen and oxygen atoms in total. The number of benzene rings is 2. The SMILES string of the molecule is Cc1ccc(N(C)S(=O)(=O)c2cc(-c3cnc(C)o3)ccc2C)cc1. The van der Waals surface area contributed by atoms with Gasteiger partial charge in [-0.2, -0.15) is 0 Å². The quantitative estimate of drug-likeness (QED) is 0.706. The van der Waals surface area contributed by atoms with Gasteiger partial charge in [0.15, 0.2) is 11.7 Å². The van der Waals surface area contributed by atoms with E-state index in [0.29, 0.717) is 28.5 Å². The third kappa shape index (κ3) is 3.30. The fourth-order valence-corrected chi connectivity index (χ4v) is 4.01. The average Bonchev–Trinajstić information content (AvgIpc) is 3.01. The molecular weight excluding hydrogens is 336 g/mol. The standard InChI is InChI=1S/C19H20N2O3S/c1-13-5-9-17(10-6-13)21(4)25(22,23)19-11-16(8-7-14(19)2)18-12-20-15(3)24-18/h5-12H,1-4H3. The summed E-state index contributed by atoms with van der Waals surface area (Å²) in [5.41, 5.74) is 3.06. The van der Waals surface area contributed by atoms with Gasteiger partial charge in [-0.1, -0.05) is 29.8 Å². The zero-order valence-corrected chi connectivity index (χ0v) is 15.5. The van der Waals surface area contributed by atoms with Crippen LogP contribution in [0.5, 0.6) is 0 Å². The summed E-state index contributed by atoms with van der Waals surface area (Å²) in [5.74, 6) is 1.09. The Bertz CT molecular complexity index is 1010. The first-order valence-corrected chi connectivity index (χ1v) is 9.32. The highest BCUT2D eigenvalue weighted by atomic mass is 32.2. The van der Waals surface area contributed by atoms with Crippen molar-refractivity contribution in [3.63, 3.8) is 0 Å². The van der Waals surface area contributed by atoms with E-state index in [1.165, 1.54) is 4.31 Å². The molecule has 3 aromatic rings. The maximum atomic E-state index is 13.1. The van der Waals surface area contributed by atoms with Gasteiger partial charge in [-0.15, -0.1) is 0 Å². The first kappa shape index (κ1) is 17.2. The lowest BCUT2D eigenvalue weighted by atomic mass is 10.1. The first-order chi connectivity index (χ1) is 11.8. The van der Waals surface area contributed by atoms with E-state index < -0.39 is 10.0 Å². The van der Waals surface area contributed by atoms with Crippen LogP contribution in [0.1, 0.15) is 17.0 Å². The van der Waals surface area contributed by atoms with E-state index in [4.69, 9.17) is 4.42 Å². The molecule has 0 saturated heterocycles. The molecule has 1 aromatic heterocycles. The van der Waals surface area contributed by atoms with Gasteiger partial charge in [0.1, 0.15) is 0 Å². The van der Waals surface area contributed by atoms with Crippen LogP contribution in [0.25, 0.3) is 11.3 Å². The second kappa shape index (κ2) is 6.37. The maximum Gasteiger partial charge on any atom is 0.264 e. The smallest absolute Gasteiger partial charge is 0.264 e. The minimum Gasteiger partial charge on any atom is -0.441 e. The highest BCUT2D eigenvalue weighted by molar-refractivity contribution is 7.92. The van der Waals surface area contributed by atoms with Crippen molar-refractivity contribution in [1.82, 2.24) is 4.98 Å². The number of aryl methyl sites for hydroxylation is 3. The number of hydrogen-bond donors (Lipinski definition) is 0. The summed E-state index contributed by atoms with van der Waals surface area (Å²) in [6, 6.07) is 12.6. The van der Waals surface area contributed by atoms with Crippen molar-refractivity contribution in [1.29, 1.82) is 0 Å². The van der Waals surface area contributed by atoms with Gasteiger partial charge in [0.25, 0.3) is 10.0 Å². The van der Waals surface area contributed by atoms with Gasteiger partial charge in [-0.25, -0.2) is 13.4 Å². The summed E-state index contributed by atoms with van der Waals surface area (Å²) in [6.45, 7) is 5.50. The lowest BCUT2D eigenvalue weighted by Crippen LogP contribution is -2.27. The molecule has 0 aliphatic carbocycles. The van der Waals surface area contributed by atoms with Gasteiger partial charge in [0.2, 0.25) is 0 Å². The molecule has 0 N–H and O–H groups in total. The molecule has 0 saturated carbocycles. The van der Waals surface area contributed by atoms with E-state index in [9.17, 15) is 8.42 Å². The Labute approximate surface area is 148 Å². The van der Waals surface area contributed by atoms with Crippen LogP contribution in [-0.2, 0) is 10.0 Å². The zero-order valence-electron chi connectivity index (χ0n) is 14.6. The monoisotopic (exact) mass is 356 g/mol. The number of hydrogen-bond acceptors (Lipinski definition) is 4. The van der Waals surface area contributed by atoms with Crippen molar-refractivity contribution in [3.05, 3.63) is 65.7 Å².